The minimum Gasteiger partial charge on any atom is -0.310 e. The van der Waals surface area contributed by atoms with Crippen LogP contribution in [0.1, 0.15) is 23.7 Å². The van der Waals surface area contributed by atoms with Crippen LogP contribution in [-0.2, 0) is 16.6 Å². The van der Waals surface area contributed by atoms with E-state index in [4.69, 9.17) is 0 Å². The number of fused-ring (bicyclic) bond motifs is 1. The summed E-state index contributed by atoms with van der Waals surface area (Å²) in [4.78, 5) is 17.1. The Bertz CT molecular complexity index is 1040. The smallest absolute Gasteiger partial charge is 0.257 e. The second-order valence-electron chi connectivity index (χ2n) is 5.76. The Hall–Kier alpha value is -2.71. The average molecular weight is 372 g/mol. The number of amides is 1. The number of benzene rings is 2. The molecule has 1 amide bonds. The van der Waals surface area contributed by atoms with Gasteiger partial charge in [0.1, 0.15) is 0 Å². The van der Waals surface area contributed by atoms with Gasteiger partial charge in [0.2, 0.25) is 16.0 Å². The Morgan fingerprint density at radius 2 is 1.81 bits per heavy atom. The molecule has 0 bridgehead atoms. The SMILES string of the molecule is CCCn1c(NC(=O)c2ccc(S(=O)(=O)NC)cc2)nc2ccccc21. The van der Waals surface area contributed by atoms with Crippen LogP contribution in [-0.4, -0.2) is 30.9 Å². The summed E-state index contributed by atoms with van der Waals surface area (Å²) >= 11 is 0. The van der Waals surface area contributed by atoms with Crippen molar-refractivity contribution in [1.82, 2.24) is 14.3 Å². The number of nitrogens with zero attached hydrogens (tertiary/aromatic N) is 2. The van der Waals surface area contributed by atoms with Gasteiger partial charge in [-0.3, -0.25) is 10.1 Å². The van der Waals surface area contributed by atoms with E-state index in [0.29, 0.717) is 11.5 Å². The third kappa shape index (κ3) is 3.47. The van der Waals surface area contributed by atoms with Gasteiger partial charge >= 0.3 is 0 Å². The molecule has 8 heteroatoms. The standard InChI is InChI=1S/C18H20N4O3S/c1-3-12-22-16-7-5-4-6-15(16)20-18(22)21-17(23)13-8-10-14(11-9-13)26(24,25)19-2/h4-11,19H,3,12H2,1-2H3,(H,20,21,23). The highest BCUT2D eigenvalue weighted by atomic mass is 32.2. The van der Waals surface area contributed by atoms with Gasteiger partial charge in [-0.2, -0.15) is 0 Å². The van der Waals surface area contributed by atoms with E-state index < -0.39 is 10.0 Å². The molecular weight excluding hydrogens is 352 g/mol. The van der Waals surface area contributed by atoms with Crippen molar-refractivity contribution < 1.29 is 13.2 Å². The number of hydrogen-bond donors (Lipinski definition) is 2. The number of sulfonamides is 1. The fraction of sp³-hybridized carbons (Fsp3) is 0.222. The highest BCUT2D eigenvalue weighted by Gasteiger charge is 2.16. The van der Waals surface area contributed by atoms with Crippen molar-refractivity contribution >= 4 is 32.9 Å². The summed E-state index contributed by atoms with van der Waals surface area (Å²) in [6.45, 7) is 2.79. The molecule has 0 atom stereocenters. The number of para-hydroxylation sites is 2. The molecule has 3 rings (SSSR count). The van der Waals surface area contributed by atoms with E-state index in [2.05, 4.69) is 21.9 Å². The number of nitrogens with one attached hydrogen (secondary N) is 2. The van der Waals surface area contributed by atoms with Gasteiger partial charge < -0.3 is 4.57 Å². The van der Waals surface area contributed by atoms with Gasteiger partial charge in [0.25, 0.3) is 5.91 Å². The fourth-order valence-electron chi connectivity index (χ4n) is 2.70. The molecule has 2 N–H and O–H groups in total. The summed E-state index contributed by atoms with van der Waals surface area (Å²) in [6.07, 6.45) is 0.903. The second-order valence-corrected chi connectivity index (χ2v) is 7.65. The highest BCUT2D eigenvalue weighted by molar-refractivity contribution is 7.89. The molecule has 0 aliphatic carbocycles. The van der Waals surface area contributed by atoms with E-state index in [1.807, 2.05) is 28.8 Å². The van der Waals surface area contributed by atoms with E-state index >= 15 is 0 Å². The molecular formula is C18H20N4O3S. The number of carbonyl (C=O) groups is 1. The van der Waals surface area contributed by atoms with E-state index in [0.717, 1.165) is 24.0 Å². The maximum absolute atomic E-state index is 12.5. The molecule has 0 spiro atoms. The maximum Gasteiger partial charge on any atom is 0.257 e. The van der Waals surface area contributed by atoms with Crippen molar-refractivity contribution in [2.45, 2.75) is 24.8 Å². The average Bonchev–Trinajstić information content (AvgIpc) is 2.99. The zero-order valence-electron chi connectivity index (χ0n) is 14.6. The first-order valence-electron chi connectivity index (χ1n) is 8.26. The lowest BCUT2D eigenvalue weighted by molar-refractivity contribution is 0.102. The number of anilines is 1. The molecule has 0 aliphatic heterocycles. The molecule has 136 valence electrons. The summed E-state index contributed by atoms with van der Waals surface area (Å²) in [5, 5.41) is 2.82. The largest absolute Gasteiger partial charge is 0.310 e. The van der Waals surface area contributed by atoms with Crippen molar-refractivity contribution in [1.29, 1.82) is 0 Å². The van der Waals surface area contributed by atoms with E-state index in [9.17, 15) is 13.2 Å². The van der Waals surface area contributed by atoms with Gasteiger partial charge in [-0.1, -0.05) is 19.1 Å². The minimum absolute atomic E-state index is 0.106. The van der Waals surface area contributed by atoms with Gasteiger partial charge in [0, 0.05) is 12.1 Å². The monoisotopic (exact) mass is 372 g/mol. The molecule has 0 radical (unpaired) electrons. The van der Waals surface area contributed by atoms with Crippen molar-refractivity contribution in [3.63, 3.8) is 0 Å². The van der Waals surface area contributed by atoms with Crippen LogP contribution in [0.3, 0.4) is 0 Å². The summed E-state index contributed by atoms with van der Waals surface area (Å²) in [7, 11) is -2.19. The highest BCUT2D eigenvalue weighted by Crippen LogP contribution is 2.21. The Morgan fingerprint density at radius 1 is 1.12 bits per heavy atom. The number of rotatable bonds is 6. The van der Waals surface area contributed by atoms with Gasteiger partial charge in [0.15, 0.2) is 0 Å². The first-order valence-corrected chi connectivity index (χ1v) is 9.75. The van der Waals surface area contributed by atoms with Crippen LogP contribution in [0.15, 0.2) is 53.4 Å². The second kappa shape index (κ2) is 7.27. The van der Waals surface area contributed by atoms with Crippen molar-refractivity contribution in [2.24, 2.45) is 0 Å². The molecule has 26 heavy (non-hydrogen) atoms. The van der Waals surface area contributed by atoms with E-state index in [-0.39, 0.29) is 10.8 Å². The first-order chi connectivity index (χ1) is 12.5. The van der Waals surface area contributed by atoms with Gasteiger partial charge in [-0.25, -0.2) is 18.1 Å². The zero-order chi connectivity index (χ0) is 18.7. The lowest BCUT2D eigenvalue weighted by atomic mass is 10.2. The molecule has 0 unspecified atom stereocenters. The van der Waals surface area contributed by atoms with Crippen molar-refractivity contribution in [3.05, 3.63) is 54.1 Å². The predicted octanol–water partition coefficient (Wildman–Crippen LogP) is 2.61. The van der Waals surface area contributed by atoms with Crippen LogP contribution in [0.25, 0.3) is 11.0 Å². The zero-order valence-corrected chi connectivity index (χ0v) is 15.4. The predicted molar refractivity (Wildman–Crippen MR) is 101 cm³/mol. The Labute approximate surface area is 152 Å². The van der Waals surface area contributed by atoms with Gasteiger partial charge in [-0.15, -0.1) is 0 Å². The summed E-state index contributed by atoms with van der Waals surface area (Å²) < 4.78 is 27.7. The molecule has 0 saturated heterocycles. The van der Waals surface area contributed by atoms with Gasteiger partial charge in [-0.05, 0) is 49.9 Å². The number of carbonyl (C=O) groups excluding carboxylic acids is 1. The first kappa shape index (κ1) is 18.1. The number of aromatic nitrogens is 2. The minimum atomic E-state index is -3.53. The molecule has 0 aliphatic rings. The Kier molecular flexibility index (Phi) is 5.06. The summed E-state index contributed by atoms with van der Waals surface area (Å²) in [5.74, 6) is 0.135. The van der Waals surface area contributed by atoms with E-state index in [1.165, 1.54) is 31.3 Å². The Balaban J connectivity index is 1.88. The van der Waals surface area contributed by atoms with Crippen LogP contribution in [0.4, 0.5) is 5.95 Å². The number of imidazole rings is 1. The van der Waals surface area contributed by atoms with Crippen LogP contribution in [0, 0.1) is 0 Å². The number of aryl methyl sites for hydroxylation is 1. The van der Waals surface area contributed by atoms with E-state index in [1.54, 1.807) is 0 Å². The summed E-state index contributed by atoms with van der Waals surface area (Å²) in [6, 6.07) is 13.4. The van der Waals surface area contributed by atoms with Gasteiger partial charge in [0.05, 0.1) is 15.9 Å². The molecule has 0 fully saturated rings. The van der Waals surface area contributed by atoms with Crippen LogP contribution >= 0.6 is 0 Å². The quantitative estimate of drug-likeness (QED) is 0.695. The molecule has 3 aromatic rings. The van der Waals surface area contributed by atoms with Crippen LogP contribution < -0.4 is 10.0 Å². The normalized spacial score (nSPS) is 11.6. The van der Waals surface area contributed by atoms with Crippen LogP contribution in [0.2, 0.25) is 0 Å². The lowest BCUT2D eigenvalue weighted by Crippen LogP contribution is -2.19. The molecule has 2 aromatic carbocycles. The third-order valence-electron chi connectivity index (χ3n) is 4.02. The fourth-order valence-corrected chi connectivity index (χ4v) is 3.43. The van der Waals surface area contributed by atoms with Crippen molar-refractivity contribution in [2.75, 3.05) is 12.4 Å². The third-order valence-corrected chi connectivity index (χ3v) is 5.45. The van der Waals surface area contributed by atoms with Crippen molar-refractivity contribution in [3.8, 4) is 0 Å². The Morgan fingerprint density at radius 3 is 2.46 bits per heavy atom. The topological polar surface area (TPSA) is 93.1 Å². The molecule has 0 saturated carbocycles. The maximum atomic E-state index is 12.5. The molecule has 1 aromatic heterocycles. The molecule has 1 heterocycles. The number of hydrogen-bond acceptors (Lipinski definition) is 4. The summed E-state index contributed by atoms with van der Waals surface area (Å²) in [5.41, 5.74) is 2.13. The lowest BCUT2D eigenvalue weighted by Gasteiger charge is -2.09. The molecule has 7 nitrogen and oxygen atoms in total. The van der Waals surface area contributed by atoms with Crippen LogP contribution in [0.5, 0.6) is 0 Å².